The van der Waals surface area contributed by atoms with Crippen molar-refractivity contribution in [3.05, 3.63) is 23.5 Å². The monoisotopic (exact) mass is 196 g/mol. The van der Waals surface area contributed by atoms with E-state index in [1.807, 2.05) is 0 Å². The van der Waals surface area contributed by atoms with Crippen molar-refractivity contribution in [1.29, 1.82) is 0 Å². The van der Waals surface area contributed by atoms with Crippen molar-refractivity contribution in [3.63, 3.8) is 0 Å². The molecule has 1 N–H and O–H groups in total. The van der Waals surface area contributed by atoms with Gasteiger partial charge in [0.15, 0.2) is 0 Å². The van der Waals surface area contributed by atoms with E-state index in [1.165, 1.54) is 12.8 Å². The Labute approximate surface area is 84.1 Å². The lowest BCUT2D eigenvalue weighted by Crippen LogP contribution is -2.11. The molecule has 0 unspecified atom stereocenters. The highest BCUT2D eigenvalue weighted by atomic mass is 16.5. The number of carboxylic acid groups (broad SMARTS) is 1. The number of allylic oxidation sites excluding steroid dienone is 3. The summed E-state index contributed by atoms with van der Waals surface area (Å²) < 4.78 is 5.31. The molecule has 0 aliphatic carbocycles. The van der Waals surface area contributed by atoms with Gasteiger partial charge in [-0.05, 0) is 18.6 Å². The van der Waals surface area contributed by atoms with E-state index in [2.05, 4.69) is 6.92 Å². The van der Waals surface area contributed by atoms with E-state index >= 15 is 0 Å². The van der Waals surface area contributed by atoms with Crippen molar-refractivity contribution in [2.24, 2.45) is 0 Å². The van der Waals surface area contributed by atoms with Crippen molar-refractivity contribution < 1.29 is 14.6 Å². The number of rotatable bonds is 5. The molecule has 0 spiro atoms. The van der Waals surface area contributed by atoms with Crippen molar-refractivity contribution in [2.45, 2.75) is 32.6 Å². The number of carboxylic acids is 1. The minimum absolute atomic E-state index is 0.202. The number of ether oxygens (including phenoxy) is 1. The first-order chi connectivity index (χ1) is 6.74. The second-order valence-corrected chi connectivity index (χ2v) is 3.38. The van der Waals surface area contributed by atoms with Crippen LogP contribution in [-0.2, 0) is 9.53 Å². The van der Waals surface area contributed by atoms with Crippen LogP contribution >= 0.6 is 0 Å². The Balaban J connectivity index is 2.39. The second-order valence-electron chi connectivity index (χ2n) is 3.38. The van der Waals surface area contributed by atoms with Gasteiger partial charge in [0.05, 0.1) is 11.3 Å². The highest BCUT2D eigenvalue weighted by Crippen LogP contribution is 2.16. The molecule has 0 amide bonds. The molecule has 0 aromatic carbocycles. The molecular formula is C11H16O3. The molecule has 0 atom stereocenters. The fraction of sp³-hybridized carbons (Fsp3) is 0.545. The average molecular weight is 196 g/mol. The number of carbonyl (C=O) groups is 1. The molecule has 1 aliphatic heterocycles. The number of unbranched alkanes of at least 4 members (excludes halogenated alkanes) is 2. The second kappa shape index (κ2) is 5.47. The lowest BCUT2D eigenvalue weighted by atomic mass is 10.1. The van der Waals surface area contributed by atoms with Crippen molar-refractivity contribution in [2.75, 3.05) is 6.61 Å². The molecule has 0 radical (unpaired) electrons. The normalized spacial score (nSPS) is 15.5. The molecule has 1 heterocycles. The Morgan fingerprint density at radius 1 is 1.50 bits per heavy atom. The van der Waals surface area contributed by atoms with E-state index in [0.717, 1.165) is 18.6 Å². The molecule has 14 heavy (non-hydrogen) atoms. The van der Waals surface area contributed by atoms with Gasteiger partial charge >= 0.3 is 5.97 Å². The Morgan fingerprint density at radius 2 is 2.29 bits per heavy atom. The third kappa shape index (κ3) is 3.24. The average Bonchev–Trinajstić information content (AvgIpc) is 2.19. The lowest BCUT2D eigenvalue weighted by Gasteiger charge is -2.14. The van der Waals surface area contributed by atoms with E-state index < -0.39 is 5.97 Å². The summed E-state index contributed by atoms with van der Waals surface area (Å²) in [4.78, 5) is 10.5. The van der Waals surface area contributed by atoms with Gasteiger partial charge in [0.25, 0.3) is 0 Å². The summed E-state index contributed by atoms with van der Waals surface area (Å²) in [6.07, 6.45) is 7.80. The minimum atomic E-state index is -0.895. The largest absolute Gasteiger partial charge is 0.493 e. The summed E-state index contributed by atoms with van der Waals surface area (Å²) in [5.74, 6) is 0.0114. The molecule has 78 valence electrons. The van der Waals surface area contributed by atoms with E-state index in [9.17, 15) is 4.79 Å². The molecule has 0 fully saturated rings. The fourth-order valence-electron chi connectivity index (χ4n) is 1.30. The van der Waals surface area contributed by atoms with Crippen LogP contribution in [0, 0.1) is 0 Å². The molecule has 0 saturated heterocycles. The Morgan fingerprint density at radius 3 is 2.79 bits per heavy atom. The van der Waals surface area contributed by atoms with Crippen LogP contribution in [-0.4, -0.2) is 17.7 Å². The Kier molecular flexibility index (Phi) is 4.23. The van der Waals surface area contributed by atoms with Crippen LogP contribution in [0.1, 0.15) is 32.6 Å². The van der Waals surface area contributed by atoms with Gasteiger partial charge in [-0.15, -0.1) is 0 Å². The number of hydrogen-bond donors (Lipinski definition) is 1. The Hall–Kier alpha value is -1.25. The van der Waals surface area contributed by atoms with E-state index in [0.29, 0.717) is 5.57 Å². The summed E-state index contributed by atoms with van der Waals surface area (Å²) in [6.45, 7) is 2.35. The van der Waals surface area contributed by atoms with Crippen molar-refractivity contribution in [3.8, 4) is 0 Å². The maximum atomic E-state index is 10.5. The van der Waals surface area contributed by atoms with Crippen LogP contribution in [0.5, 0.6) is 0 Å². The van der Waals surface area contributed by atoms with Gasteiger partial charge in [0.1, 0.15) is 6.61 Å². The van der Waals surface area contributed by atoms with Gasteiger partial charge in [-0.2, -0.15) is 0 Å². The lowest BCUT2D eigenvalue weighted by molar-refractivity contribution is -0.133. The SMILES string of the molecule is CCCCCC1=CC=C(C(=O)O)CO1. The van der Waals surface area contributed by atoms with Gasteiger partial charge in [0.2, 0.25) is 0 Å². The first-order valence-electron chi connectivity index (χ1n) is 5.00. The zero-order valence-electron chi connectivity index (χ0n) is 8.45. The minimum Gasteiger partial charge on any atom is -0.493 e. The molecule has 0 aromatic heterocycles. The highest BCUT2D eigenvalue weighted by Gasteiger charge is 2.12. The van der Waals surface area contributed by atoms with Crippen molar-refractivity contribution in [1.82, 2.24) is 0 Å². The van der Waals surface area contributed by atoms with Gasteiger partial charge < -0.3 is 9.84 Å². The molecule has 3 heteroatoms. The van der Waals surface area contributed by atoms with E-state index in [1.54, 1.807) is 12.2 Å². The first-order valence-corrected chi connectivity index (χ1v) is 5.00. The number of hydrogen-bond acceptors (Lipinski definition) is 2. The zero-order valence-corrected chi connectivity index (χ0v) is 8.45. The summed E-state index contributed by atoms with van der Waals surface area (Å²) in [5, 5.41) is 8.66. The van der Waals surface area contributed by atoms with Crippen LogP contribution in [0.3, 0.4) is 0 Å². The third-order valence-corrected chi connectivity index (χ3v) is 2.18. The predicted molar refractivity (Wildman–Crippen MR) is 53.9 cm³/mol. The highest BCUT2D eigenvalue weighted by molar-refractivity contribution is 5.87. The molecule has 1 aliphatic rings. The van der Waals surface area contributed by atoms with Gasteiger partial charge in [-0.25, -0.2) is 4.79 Å². The van der Waals surface area contributed by atoms with Crippen LogP contribution in [0.25, 0.3) is 0 Å². The quantitative estimate of drug-likeness (QED) is 0.687. The summed E-state index contributed by atoms with van der Waals surface area (Å²) in [7, 11) is 0. The first kappa shape index (κ1) is 10.8. The van der Waals surface area contributed by atoms with Crippen LogP contribution in [0.2, 0.25) is 0 Å². The molecule has 0 saturated carbocycles. The predicted octanol–water partition coefficient (Wildman–Crippen LogP) is 2.49. The zero-order chi connectivity index (χ0) is 10.4. The Bertz CT molecular complexity index is 264. The summed E-state index contributed by atoms with van der Waals surface area (Å²) >= 11 is 0. The fourth-order valence-corrected chi connectivity index (χ4v) is 1.30. The summed E-state index contributed by atoms with van der Waals surface area (Å²) in [5.41, 5.74) is 0.323. The summed E-state index contributed by atoms with van der Waals surface area (Å²) in [6, 6.07) is 0. The van der Waals surface area contributed by atoms with Crippen LogP contribution in [0.4, 0.5) is 0 Å². The molecule has 3 nitrogen and oxygen atoms in total. The molecule has 0 bridgehead atoms. The van der Waals surface area contributed by atoms with Gasteiger partial charge in [-0.3, -0.25) is 0 Å². The smallest absolute Gasteiger partial charge is 0.335 e. The van der Waals surface area contributed by atoms with E-state index in [-0.39, 0.29) is 6.61 Å². The van der Waals surface area contributed by atoms with Crippen LogP contribution in [0.15, 0.2) is 23.5 Å². The van der Waals surface area contributed by atoms with Gasteiger partial charge in [-0.1, -0.05) is 19.8 Å². The maximum Gasteiger partial charge on any atom is 0.335 e. The molecule has 1 rings (SSSR count). The molecule has 0 aromatic rings. The van der Waals surface area contributed by atoms with Gasteiger partial charge in [0, 0.05) is 6.42 Å². The van der Waals surface area contributed by atoms with E-state index in [4.69, 9.17) is 9.84 Å². The third-order valence-electron chi connectivity index (χ3n) is 2.18. The van der Waals surface area contributed by atoms with Crippen LogP contribution < -0.4 is 0 Å². The maximum absolute atomic E-state index is 10.5. The van der Waals surface area contributed by atoms with Crippen molar-refractivity contribution >= 4 is 5.97 Å². The molecular weight excluding hydrogens is 180 g/mol. The number of aliphatic carboxylic acids is 1. The topological polar surface area (TPSA) is 46.5 Å². The standard InChI is InChI=1S/C11H16O3/c1-2-3-4-5-10-7-6-9(8-14-10)11(12)13/h6-7H,2-5,8H2,1H3,(H,12,13).